The first-order valence-electron chi connectivity index (χ1n) is 7.22. The van der Waals surface area contributed by atoms with Crippen molar-refractivity contribution < 1.29 is 9.53 Å². The van der Waals surface area contributed by atoms with Gasteiger partial charge < -0.3 is 15.4 Å². The summed E-state index contributed by atoms with van der Waals surface area (Å²) in [7, 11) is 1.86. The number of aryl methyl sites for hydroxylation is 2. The van der Waals surface area contributed by atoms with Gasteiger partial charge in [0.15, 0.2) is 0 Å². The molecule has 0 aliphatic carbocycles. The topological polar surface area (TPSA) is 81.1 Å². The maximum atomic E-state index is 12.2. The van der Waals surface area contributed by atoms with Crippen molar-refractivity contribution in [2.45, 2.75) is 25.5 Å². The van der Waals surface area contributed by atoms with Gasteiger partial charge in [-0.15, -0.1) is 0 Å². The summed E-state index contributed by atoms with van der Waals surface area (Å²) in [5.41, 5.74) is 2.65. The SMILES string of the molecule is Cc1ccncc1NC(=O)N[C@H]1CCO[C@@H]1c1cnn(C)c1. The van der Waals surface area contributed by atoms with E-state index < -0.39 is 0 Å². The summed E-state index contributed by atoms with van der Waals surface area (Å²) in [5, 5.41) is 9.95. The Hall–Kier alpha value is -2.41. The summed E-state index contributed by atoms with van der Waals surface area (Å²) in [6.45, 7) is 2.55. The van der Waals surface area contributed by atoms with Crippen LogP contribution in [0.1, 0.15) is 23.7 Å². The Morgan fingerprint density at radius 1 is 1.45 bits per heavy atom. The Morgan fingerprint density at radius 2 is 2.32 bits per heavy atom. The van der Waals surface area contributed by atoms with Crippen molar-refractivity contribution in [1.82, 2.24) is 20.1 Å². The van der Waals surface area contributed by atoms with Crippen LogP contribution in [0.2, 0.25) is 0 Å². The van der Waals surface area contributed by atoms with Crippen molar-refractivity contribution in [2.75, 3.05) is 11.9 Å². The highest BCUT2D eigenvalue weighted by Crippen LogP contribution is 2.28. The summed E-state index contributed by atoms with van der Waals surface area (Å²) in [4.78, 5) is 16.2. The summed E-state index contributed by atoms with van der Waals surface area (Å²) in [5.74, 6) is 0. The Kier molecular flexibility index (Phi) is 4.06. The molecule has 1 saturated heterocycles. The minimum absolute atomic E-state index is 0.0684. The van der Waals surface area contributed by atoms with Crippen LogP contribution in [0, 0.1) is 6.92 Å². The molecule has 0 spiro atoms. The van der Waals surface area contributed by atoms with E-state index in [0.29, 0.717) is 12.3 Å². The van der Waals surface area contributed by atoms with Gasteiger partial charge in [0.25, 0.3) is 0 Å². The summed E-state index contributed by atoms with van der Waals surface area (Å²) >= 11 is 0. The minimum atomic E-state index is -0.250. The largest absolute Gasteiger partial charge is 0.371 e. The zero-order chi connectivity index (χ0) is 15.5. The number of nitrogens with one attached hydrogen (secondary N) is 2. The predicted molar refractivity (Wildman–Crippen MR) is 81.4 cm³/mol. The zero-order valence-electron chi connectivity index (χ0n) is 12.6. The van der Waals surface area contributed by atoms with E-state index in [-0.39, 0.29) is 18.2 Å². The Balaban J connectivity index is 1.64. The van der Waals surface area contributed by atoms with Crippen LogP contribution in [0.5, 0.6) is 0 Å². The Labute approximate surface area is 128 Å². The van der Waals surface area contributed by atoms with Crippen LogP contribution in [-0.2, 0) is 11.8 Å². The summed E-state index contributed by atoms with van der Waals surface area (Å²) in [6.07, 6.45) is 7.63. The molecule has 2 N–H and O–H groups in total. The molecule has 116 valence electrons. The smallest absolute Gasteiger partial charge is 0.319 e. The molecule has 22 heavy (non-hydrogen) atoms. The van der Waals surface area contributed by atoms with E-state index in [4.69, 9.17) is 4.74 Å². The second kappa shape index (κ2) is 6.15. The highest BCUT2D eigenvalue weighted by atomic mass is 16.5. The predicted octanol–water partition coefficient (Wildman–Crippen LogP) is 1.78. The first-order valence-corrected chi connectivity index (χ1v) is 7.22. The molecule has 7 nitrogen and oxygen atoms in total. The first kappa shape index (κ1) is 14.5. The fraction of sp³-hybridized carbons (Fsp3) is 0.400. The highest BCUT2D eigenvalue weighted by Gasteiger charge is 2.31. The number of carbonyl (C=O) groups is 1. The van der Waals surface area contributed by atoms with Gasteiger partial charge in [-0.1, -0.05) is 0 Å². The van der Waals surface area contributed by atoms with E-state index in [1.54, 1.807) is 23.3 Å². The maximum absolute atomic E-state index is 12.2. The molecule has 3 heterocycles. The van der Waals surface area contributed by atoms with Gasteiger partial charge in [0.1, 0.15) is 6.10 Å². The van der Waals surface area contributed by atoms with Crippen molar-refractivity contribution in [1.29, 1.82) is 0 Å². The number of ether oxygens (including phenoxy) is 1. The number of rotatable bonds is 3. The molecule has 7 heteroatoms. The summed E-state index contributed by atoms with van der Waals surface area (Å²) < 4.78 is 7.46. The van der Waals surface area contributed by atoms with Crippen molar-refractivity contribution in [3.05, 3.63) is 42.0 Å². The average molecular weight is 301 g/mol. The van der Waals surface area contributed by atoms with Crippen LogP contribution in [0.15, 0.2) is 30.9 Å². The Bertz CT molecular complexity index is 669. The van der Waals surface area contributed by atoms with Gasteiger partial charge in [0, 0.05) is 31.6 Å². The van der Waals surface area contributed by atoms with Gasteiger partial charge in [-0.3, -0.25) is 9.67 Å². The number of anilines is 1. The lowest BCUT2D eigenvalue weighted by molar-refractivity contribution is 0.100. The number of aromatic nitrogens is 3. The average Bonchev–Trinajstić information content (AvgIpc) is 3.10. The number of pyridine rings is 1. The van der Waals surface area contributed by atoms with Crippen LogP contribution in [0.25, 0.3) is 0 Å². The minimum Gasteiger partial charge on any atom is -0.371 e. The number of nitrogens with zero attached hydrogens (tertiary/aromatic N) is 3. The van der Waals surface area contributed by atoms with Crippen molar-refractivity contribution in [2.24, 2.45) is 7.05 Å². The molecule has 0 bridgehead atoms. The van der Waals surface area contributed by atoms with Gasteiger partial charge >= 0.3 is 6.03 Å². The lowest BCUT2D eigenvalue weighted by atomic mass is 10.1. The Morgan fingerprint density at radius 3 is 3.05 bits per heavy atom. The fourth-order valence-corrected chi connectivity index (χ4v) is 2.57. The molecule has 3 rings (SSSR count). The molecule has 2 aromatic rings. The van der Waals surface area contributed by atoms with E-state index in [1.807, 2.05) is 26.2 Å². The van der Waals surface area contributed by atoms with Crippen molar-refractivity contribution in [3.63, 3.8) is 0 Å². The highest BCUT2D eigenvalue weighted by molar-refractivity contribution is 5.90. The molecule has 1 aliphatic rings. The second-order valence-electron chi connectivity index (χ2n) is 5.42. The lowest BCUT2D eigenvalue weighted by Crippen LogP contribution is -2.39. The normalized spacial score (nSPS) is 20.8. The van der Waals surface area contributed by atoms with Crippen molar-refractivity contribution >= 4 is 11.7 Å². The summed E-state index contributed by atoms with van der Waals surface area (Å²) in [6, 6.07) is 1.54. The van der Waals surface area contributed by atoms with Gasteiger partial charge in [-0.05, 0) is 25.0 Å². The molecular formula is C15H19N5O2. The second-order valence-corrected chi connectivity index (χ2v) is 5.42. The lowest BCUT2D eigenvalue weighted by Gasteiger charge is -2.19. The molecule has 2 amide bonds. The van der Waals surface area contributed by atoms with E-state index in [9.17, 15) is 4.79 Å². The first-order chi connectivity index (χ1) is 10.6. The number of amides is 2. The molecular weight excluding hydrogens is 282 g/mol. The van der Waals surface area contributed by atoms with Crippen LogP contribution >= 0.6 is 0 Å². The maximum Gasteiger partial charge on any atom is 0.319 e. The molecule has 2 aromatic heterocycles. The third-order valence-electron chi connectivity index (χ3n) is 3.75. The molecule has 0 unspecified atom stereocenters. The number of carbonyl (C=O) groups excluding carboxylic acids is 1. The standard InChI is InChI=1S/C15H19N5O2/c1-10-3-5-16-8-13(10)19-15(21)18-12-4-6-22-14(12)11-7-17-20(2)9-11/h3,5,7-9,12,14H,4,6H2,1-2H3,(H2,18,19,21)/t12-,14+/m0/s1. The third-order valence-corrected chi connectivity index (χ3v) is 3.75. The number of hydrogen-bond acceptors (Lipinski definition) is 4. The van der Waals surface area contributed by atoms with Crippen molar-refractivity contribution in [3.8, 4) is 0 Å². The molecule has 1 aliphatic heterocycles. The zero-order valence-corrected chi connectivity index (χ0v) is 12.6. The monoisotopic (exact) mass is 301 g/mol. The molecule has 0 saturated carbocycles. The van der Waals surface area contributed by atoms with E-state index in [2.05, 4.69) is 20.7 Å². The van der Waals surface area contributed by atoms with Crippen LogP contribution in [-0.4, -0.2) is 33.4 Å². The van der Waals surface area contributed by atoms with Gasteiger partial charge in [0.05, 0.1) is 24.1 Å². The van der Waals surface area contributed by atoms with Gasteiger partial charge in [-0.25, -0.2) is 4.79 Å². The fourth-order valence-electron chi connectivity index (χ4n) is 2.57. The molecule has 0 radical (unpaired) electrons. The van der Waals surface area contributed by atoms with Crippen LogP contribution in [0.4, 0.5) is 10.5 Å². The number of hydrogen-bond donors (Lipinski definition) is 2. The van der Waals surface area contributed by atoms with E-state index in [1.165, 1.54) is 0 Å². The molecule has 0 aromatic carbocycles. The van der Waals surface area contributed by atoms with E-state index in [0.717, 1.165) is 17.5 Å². The number of urea groups is 1. The van der Waals surface area contributed by atoms with Crippen LogP contribution in [0.3, 0.4) is 0 Å². The van der Waals surface area contributed by atoms with Gasteiger partial charge in [0.2, 0.25) is 0 Å². The van der Waals surface area contributed by atoms with Crippen LogP contribution < -0.4 is 10.6 Å². The molecule has 2 atom stereocenters. The quantitative estimate of drug-likeness (QED) is 0.905. The molecule has 1 fully saturated rings. The van der Waals surface area contributed by atoms with E-state index >= 15 is 0 Å². The van der Waals surface area contributed by atoms with Gasteiger partial charge in [-0.2, -0.15) is 5.10 Å². The third kappa shape index (κ3) is 3.09.